The van der Waals surface area contributed by atoms with Crippen LogP contribution in [0.25, 0.3) is 28.2 Å². The maximum absolute atomic E-state index is 12.5. The minimum absolute atomic E-state index is 0.174. The number of para-hydroxylation sites is 2. The fourth-order valence-corrected chi connectivity index (χ4v) is 3.08. The molecule has 1 amide bonds. The molecule has 0 atom stereocenters. The van der Waals surface area contributed by atoms with Gasteiger partial charge in [-0.05, 0) is 66.7 Å². The third-order valence-electron chi connectivity index (χ3n) is 4.58. The van der Waals surface area contributed by atoms with Crippen molar-refractivity contribution in [2.75, 3.05) is 5.32 Å². The molecular formula is C23H16N4O2. The molecule has 0 aliphatic heterocycles. The molecule has 0 saturated carbocycles. The molecule has 0 bridgehead atoms. The Bertz CT molecular complexity index is 1240. The lowest BCUT2D eigenvalue weighted by Gasteiger charge is -2.07. The van der Waals surface area contributed by atoms with E-state index in [1.54, 1.807) is 23.0 Å². The number of carbonyl (C=O) groups is 1. The lowest BCUT2D eigenvalue weighted by Crippen LogP contribution is -2.11. The van der Waals surface area contributed by atoms with E-state index in [9.17, 15) is 4.79 Å². The van der Waals surface area contributed by atoms with Gasteiger partial charge in [0.15, 0.2) is 5.58 Å². The minimum Gasteiger partial charge on any atom is -0.436 e. The lowest BCUT2D eigenvalue weighted by atomic mass is 10.1. The molecule has 3 aromatic carbocycles. The molecule has 0 aliphatic rings. The second-order valence-corrected chi connectivity index (χ2v) is 6.52. The number of benzene rings is 3. The Balaban J connectivity index is 1.31. The number of oxazole rings is 1. The van der Waals surface area contributed by atoms with Crippen molar-refractivity contribution in [3.05, 3.63) is 96.8 Å². The molecule has 29 heavy (non-hydrogen) atoms. The molecule has 0 aliphatic carbocycles. The van der Waals surface area contributed by atoms with E-state index in [-0.39, 0.29) is 5.91 Å². The van der Waals surface area contributed by atoms with Gasteiger partial charge in [-0.15, -0.1) is 0 Å². The minimum atomic E-state index is -0.174. The highest BCUT2D eigenvalue weighted by molar-refractivity contribution is 6.04. The first-order valence-corrected chi connectivity index (χ1v) is 9.14. The second kappa shape index (κ2) is 7.09. The molecule has 0 radical (unpaired) electrons. The van der Waals surface area contributed by atoms with Crippen LogP contribution in [-0.2, 0) is 0 Å². The van der Waals surface area contributed by atoms with E-state index in [1.807, 2.05) is 72.9 Å². The van der Waals surface area contributed by atoms with Gasteiger partial charge in [-0.2, -0.15) is 5.10 Å². The monoisotopic (exact) mass is 380 g/mol. The van der Waals surface area contributed by atoms with Crippen molar-refractivity contribution >= 4 is 22.7 Å². The molecular weight excluding hydrogens is 364 g/mol. The standard InChI is InChI=1S/C23H16N4O2/c28-22(16-8-12-19(13-9-16)27-15-3-14-24-27)25-18-10-6-17(7-11-18)23-26-20-4-1-2-5-21(20)29-23/h1-15H,(H,25,28). The van der Waals surface area contributed by atoms with E-state index in [4.69, 9.17) is 4.42 Å². The van der Waals surface area contributed by atoms with E-state index >= 15 is 0 Å². The molecule has 140 valence electrons. The summed E-state index contributed by atoms with van der Waals surface area (Å²) in [6, 6.07) is 24.2. The second-order valence-electron chi connectivity index (χ2n) is 6.52. The third-order valence-corrected chi connectivity index (χ3v) is 4.58. The summed E-state index contributed by atoms with van der Waals surface area (Å²) in [5, 5.41) is 7.08. The van der Waals surface area contributed by atoms with Crippen LogP contribution in [0.1, 0.15) is 10.4 Å². The van der Waals surface area contributed by atoms with Gasteiger partial charge < -0.3 is 9.73 Å². The van der Waals surface area contributed by atoms with E-state index in [2.05, 4.69) is 15.4 Å². The number of amides is 1. The molecule has 0 spiro atoms. The Kier molecular flexibility index (Phi) is 4.14. The van der Waals surface area contributed by atoms with E-state index in [0.717, 1.165) is 22.4 Å². The Labute approximate surface area is 166 Å². The maximum atomic E-state index is 12.5. The van der Waals surface area contributed by atoms with Crippen molar-refractivity contribution in [3.8, 4) is 17.1 Å². The summed E-state index contributed by atoms with van der Waals surface area (Å²) < 4.78 is 7.52. The van der Waals surface area contributed by atoms with Gasteiger partial charge in [0.25, 0.3) is 5.91 Å². The summed E-state index contributed by atoms with van der Waals surface area (Å²) >= 11 is 0. The Morgan fingerprint density at radius 3 is 2.41 bits per heavy atom. The molecule has 6 nitrogen and oxygen atoms in total. The average Bonchev–Trinajstić information content (AvgIpc) is 3.44. The van der Waals surface area contributed by atoms with Gasteiger partial charge in [-0.3, -0.25) is 4.79 Å². The van der Waals surface area contributed by atoms with Gasteiger partial charge in [0.1, 0.15) is 5.52 Å². The van der Waals surface area contributed by atoms with E-state index < -0.39 is 0 Å². The van der Waals surface area contributed by atoms with Gasteiger partial charge in [0.05, 0.1) is 5.69 Å². The van der Waals surface area contributed by atoms with Crippen LogP contribution in [-0.4, -0.2) is 20.7 Å². The molecule has 5 rings (SSSR count). The van der Waals surface area contributed by atoms with Crippen molar-refractivity contribution in [1.29, 1.82) is 0 Å². The highest BCUT2D eigenvalue weighted by atomic mass is 16.3. The number of carbonyl (C=O) groups excluding carboxylic acids is 1. The summed E-state index contributed by atoms with van der Waals surface area (Å²) in [6.07, 6.45) is 3.57. The van der Waals surface area contributed by atoms with Crippen LogP contribution in [0.4, 0.5) is 5.69 Å². The highest BCUT2D eigenvalue weighted by Crippen LogP contribution is 2.25. The van der Waals surface area contributed by atoms with Crippen molar-refractivity contribution in [2.24, 2.45) is 0 Å². The number of anilines is 1. The number of hydrogen-bond acceptors (Lipinski definition) is 4. The van der Waals surface area contributed by atoms with Crippen molar-refractivity contribution in [1.82, 2.24) is 14.8 Å². The van der Waals surface area contributed by atoms with Crippen LogP contribution in [0.2, 0.25) is 0 Å². The van der Waals surface area contributed by atoms with Gasteiger partial charge in [-0.1, -0.05) is 12.1 Å². The number of hydrogen-bond donors (Lipinski definition) is 1. The summed E-state index contributed by atoms with van der Waals surface area (Å²) in [4.78, 5) is 17.0. The fourth-order valence-electron chi connectivity index (χ4n) is 3.08. The highest BCUT2D eigenvalue weighted by Gasteiger charge is 2.10. The third kappa shape index (κ3) is 3.39. The Morgan fingerprint density at radius 2 is 1.69 bits per heavy atom. The van der Waals surface area contributed by atoms with Crippen LogP contribution in [0.15, 0.2) is 95.7 Å². The van der Waals surface area contributed by atoms with Gasteiger partial charge in [0, 0.05) is 29.2 Å². The summed E-state index contributed by atoms with van der Waals surface area (Å²) in [6.45, 7) is 0. The smallest absolute Gasteiger partial charge is 0.255 e. The number of aromatic nitrogens is 3. The van der Waals surface area contributed by atoms with Gasteiger partial charge >= 0.3 is 0 Å². The predicted molar refractivity (Wildman–Crippen MR) is 111 cm³/mol. The molecule has 6 heteroatoms. The van der Waals surface area contributed by atoms with Crippen molar-refractivity contribution in [2.45, 2.75) is 0 Å². The molecule has 0 unspecified atom stereocenters. The quantitative estimate of drug-likeness (QED) is 0.480. The largest absolute Gasteiger partial charge is 0.436 e. The van der Waals surface area contributed by atoms with E-state index in [1.165, 1.54) is 0 Å². The van der Waals surface area contributed by atoms with Gasteiger partial charge in [-0.25, -0.2) is 9.67 Å². The van der Waals surface area contributed by atoms with Gasteiger partial charge in [0.2, 0.25) is 5.89 Å². The SMILES string of the molecule is O=C(Nc1ccc(-c2nc3ccccc3o2)cc1)c1ccc(-n2cccn2)cc1. The first kappa shape index (κ1) is 16.9. The molecule has 1 N–H and O–H groups in total. The zero-order valence-electron chi connectivity index (χ0n) is 15.3. The van der Waals surface area contributed by atoms with Crippen LogP contribution in [0.5, 0.6) is 0 Å². The number of rotatable bonds is 4. The normalized spacial score (nSPS) is 10.9. The summed E-state index contributed by atoms with van der Waals surface area (Å²) in [5.41, 5.74) is 4.59. The Morgan fingerprint density at radius 1 is 0.897 bits per heavy atom. The molecule has 2 heterocycles. The molecule has 5 aromatic rings. The topological polar surface area (TPSA) is 73.0 Å². The zero-order chi connectivity index (χ0) is 19.6. The maximum Gasteiger partial charge on any atom is 0.255 e. The van der Waals surface area contributed by atoms with Crippen LogP contribution in [0, 0.1) is 0 Å². The van der Waals surface area contributed by atoms with Crippen LogP contribution < -0.4 is 5.32 Å². The average molecular weight is 380 g/mol. The first-order chi connectivity index (χ1) is 14.3. The lowest BCUT2D eigenvalue weighted by molar-refractivity contribution is 0.102. The Hall–Kier alpha value is -4.19. The van der Waals surface area contributed by atoms with Crippen LogP contribution >= 0.6 is 0 Å². The summed E-state index contributed by atoms with van der Waals surface area (Å²) in [7, 11) is 0. The van der Waals surface area contributed by atoms with E-state index in [0.29, 0.717) is 17.1 Å². The number of nitrogens with zero attached hydrogens (tertiary/aromatic N) is 3. The molecule has 0 fully saturated rings. The number of fused-ring (bicyclic) bond motifs is 1. The molecule has 0 saturated heterocycles. The van der Waals surface area contributed by atoms with Crippen molar-refractivity contribution < 1.29 is 9.21 Å². The number of nitrogens with one attached hydrogen (secondary N) is 1. The first-order valence-electron chi connectivity index (χ1n) is 9.14. The van der Waals surface area contributed by atoms with Crippen LogP contribution in [0.3, 0.4) is 0 Å². The fraction of sp³-hybridized carbons (Fsp3) is 0. The predicted octanol–water partition coefficient (Wildman–Crippen LogP) is 4.93. The zero-order valence-corrected chi connectivity index (χ0v) is 15.3. The summed E-state index contributed by atoms with van der Waals surface area (Å²) in [5.74, 6) is 0.380. The van der Waals surface area contributed by atoms with Crippen molar-refractivity contribution in [3.63, 3.8) is 0 Å². The molecule has 2 aromatic heterocycles.